The second-order valence-corrected chi connectivity index (χ2v) is 4.48. The van der Waals surface area contributed by atoms with Crippen molar-refractivity contribution in [1.29, 1.82) is 0 Å². The Kier molecular flexibility index (Phi) is 5.06. The number of hydrogen-bond donors (Lipinski definition) is 2. The fourth-order valence-corrected chi connectivity index (χ4v) is 1.83. The van der Waals surface area contributed by atoms with Gasteiger partial charge in [-0.25, -0.2) is 10.8 Å². The topological polar surface area (TPSA) is 77.2 Å². The number of benzene rings is 1. The van der Waals surface area contributed by atoms with Crippen molar-refractivity contribution in [1.82, 2.24) is 10.4 Å². The van der Waals surface area contributed by atoms with Gasteiger partial charge in [0.1, 0.15) is 5.69 Å². The minimum atomic E-state index is -0.432. The predicted octanol–water partition coefficient (Wildman–Crippen LogP) is 2.06. The summed E-state index contributed by atoms with van der Waals surface area (Å²) in [6.07, 6.45) is 0. The van der Waals surface area contributed by atoms with E-state index in [2.05, 4.69) is 4.98 Å². The van der Waals surface area contributed by atoms with Crippen LogP contribution in [0.4, 0.5) is 0 Å². The number of carbonyl (C=O) groups excluding carboxylic acids is 1. The van der Waals surface area contributed by atoms with Gasteiger partial charge in [-0.2, -0.15) is 0 Å². The Hall–Kier alpha value is -1.95. The lowest BCUT2D eigenvalue weighted by atomic mass is 10.2. The summed E-state index contributed by atoms with van der Waals surface area (Å²) in [6.45, 7) is 0.672. The number of nitrogens with zero attached hydrogens (tertiary/aromatic N) is 1. The van der Waals surface area contributed by atoms with Crippen LogP contribution in [-0.4, -0.2) is 10.9 Å². The molecule has 104 valence electrons. The molecule has 5 nitrogen and oxygen atoms in total. The SMILES string of the molecule is NNC(=O)c1cccc(COCc2ccccc2Cl)n1. The highest BCUT2D eigenvalue weighted by Gasteiger charge is 2.06. The average Bonchev–Trinajstić information content (AvgIpc) is 2.49. The van der Waals surface area contributed by atoms with E-state index in [4.69, 9.17) is 22.2 Å². The van der Waals surface area contributed by atoms with Crippen molar-refractivity contribution in [3.05, 3.63) is 64.4 Å². The van der Waals surface area contributed by atoms with Gasteiger partial charge in [0.05, 0.1) is 18.9 Å². The van der Waals surface area contributed by atoms with Crippen LogP contribution in [0.25, 0.3) is 0 Å². The maximum absolute atomic E-state index is 11.3. The van der Waals surface area contributed by atoms with Crippen LogP contribution in [0.5, 0.6) is 0 Å². The van der Waals surface area contributed by atoms with E-state index in [-0.39, 0.29) is 12.3 Å². The van der Waals surface area contributed by atoms with E-state index >= 15 is 0 Å². The molecule has 1 aromatic heterocycles. The van der Waals surface area contributed by atoms with Gasteiger partial charge in [0.25, 0.3) is 5.91 Å². The van der Waals surface area contributed by atoms with Gasteiger partial charge in [0.2, 0.25) is 0 Å². The highest BCUT2D eigenvalue weighted by Crippen LogP contribution is 2.16. The van der Waals surface area contributed by atoms with Gasteiger partial charge in [0, 0.05) is 5.02 Å². The maximum atomic E-state index is 11.3. The molecule has 0 saturated heterocycles. The van der Waals surface area contributed by atoms with Crippen LogP contribution in [-0.2, 0) is 18.0 Å². The molecule has 0 unspecified atom stereocenters. The number of rotatable bonds is 5. The van der Waals surface area contributed by atoms with Crippen LogP contribution < -0.4 is 11.3 Å². The summed E-state index contributed by atoms with van der Waals surface area (Å²) in [7, 11) is 0. The molecule has 0 aliphatic heterocycles. The Morgan fingerprint density at radius 2 is 2.00 bits per heavy atom. The molecule has 0 saturated carbocycles. The Bertz CT molecular complexity index is 604. The highest BCUT2D eigenvalue weighted by atomic mass is 35.5. The normalized spacial score (nSPS) is 10.3. The molecular weight excluding hydrogens is 278 g/mol. The zero-order valence-electron chi connectivity index (χ0n) is 10.7. The van der Waals surface area contributed by atoms with Crippen molar-refractivity contribution in [2.75, 3.05) is 0 Å². The molecule has 2 rings (SSSR count). The van der Waals surface area contributed by atoms with Gasteiger partial charge in [-0.05, 0) is 23.8 Å². The minimum absolute atomic E-state index is 0.256. The van der Waals surface area contributed by atoms with Gasteiger partial charge in [-0.15, -0.1) is 0 Å². The number of aromatic nitrogens is 1. The molecule has 0 atom stereocenters. The van der Waals surface area contributed by atoms with Crippen LogP contribution in [0, 0.1) is 0 Å². The summed E-state index contributed by atoms with van der Waals surface area (Å²) in [5.41, 5.74) is 3.85. The van der Waals surface area contributed by atoms with E-state index in [1.165, 1.54) is 0 Å². The van der Waals surface area contributed by atoms with Crippen LogP contribution in [0.3, 0.4) is 0 Å². The zero-order chi connectivity index (χ0) is 14.4. The van der Waals surface area contributed by atoms with Gasteiger partial charge in [0.15, 0.2) is 0 Å². The molecule has 20 heavy (non-hydrogen) atoms. The van der Waals surface area contributed by atoms with Gasteiger partial charge in [-0.3, -0.25) is 10.2 Å². The van der Waals surface area contributed by atoms with Crippen molar-refractivity contribution in [3.63, 3.8) is 0 Å². The minimum Gasteiger partial charge on any atom is -0.370 e. The molecule has 6 heteroatoms. The Morgan fingerprint density at radius 3 is 2.75 bits per heavy atom. The molecule has 0 aliphatic carbocycles. The summed E-state index contributed by atoms with van der Waals surface area (Å²) < 4.78 is 5.55. The van der Waals surface area contributed by atoms with Crippen LogP contribution in [0.2, 0.25) is 5.02 Å². The second-order valence-electron chi connectivity index (χ2n) is 4.07. The Morgan fingerprint density at radius 1 is 1.20 bits per heavy atom. The van der Waals surface area contributed by atoms with Gasteiger partial charge in [-0.1, -0.05) is 35.9 Å². The number of nitrogen functional groups attached to an aromatic ring is 1. The number of nitrogens with one attached hydrogen (secondary N) is 1. The number of nitrogens with two attached hydrogens (primary N) is 1. The molecular formula is C14H14ClN3O2. The first-order valence-electron chi connectivity index (χ1n) is 5.98. The molecule has 0 radical (unpaired) electrons. The molecule has 3 N–H and O–H groups in total. The number of ether oxygens (including phenoxy) is 1. The summed E-state index contributed by atoms with van der Waals surface area (Å²) in [5, 5.41) is 0.664. The molecule has 0 aliphatic rings. The van der Waals surface area contributed by atoms with E-state index in [0.29, 0.717) is 17.3 Å². The maximum Gasteiger partial charge on any atom is 0.283 e. The average molecular weight is 292 g/mol. The molecule has 1 heterocycles. The van der Waals surface area contributed by atoms with Crippen LogP contribution in [0.1, 0.15) is 21.7 Å². The lowest BCUT2D eigenvalue weighted by Crippen LogP contribution is -2.30. The van der Waals surface area contributed by atoms with Crippen molar-refractivity contribution in [2.24, 2.45) is 5.84 Å². The molecule has 0 spiro atoms. The molecule has 2 aromatic rings. The summed E-state index contributed by atoms with van der Waals surface area (Å²) in [6, 6.07) is 12.6. The number of hydrogen-bond acceptors (Lipinski definition) is 4. The quantitative estimate of drug-likeness (QED) is 0.502. The fourth-order valence-electron chi connectivity index (χ4n) is 1.64. The van der Waals surface area contributed by atoms with E-state index in [1.54, 1.807) is 18.2 Å². The van der Waals surface area contributed by atoms with Crippen molar-refractivity contribution >= 4 is 17.5 Å². The smallest absolute Gasteiger partial charge is 0.283 e. The third-order valence-corrected chi connectivity index (χ3v) is 3.00. The molecule has 1 aromatic carbocycles. The van der Waals surface area contributed by atoms with E-state index in [0.717, 1.165) is 5.56 Å². The molecule has 0 bridgehead atoms. The van der Waals surface area contributed by atoms with Crippen molar-refractivity contribution in [3.8, 4) is 0 Å². The lowest BCUT2D eigenvalue weighted by Gasteiger charge is -2.06. The predicted molar refractivity (Wildman–Crippen MR) is 75.8 cm³/mol. The van der Waals surface area contributed by atoms with Crippen LogP contribution >= 0.6 is 11.6 Å². The first kappa shape index (κ1) is 14.5. The highest BCUT2D eigenvalue weighted by molar-refractivity contribution is 6.31. The first-order valence-corrected chi connectivity index (χ1v) is 6.36. The molecule has 0 fully saturated rings. The molecule has 1 amide bonds. The van der Waals surface area contributed by atoms with Crippen molar-refractivity contribution < 1.29 is 9.53 Å². The number of carbonyl (C=O) groups is 1. The third-order valence-electron chi connectivity index (χ3n) is 2.64. The standard InChI is InChI=1S/C14H14ClN3O2/c15-12-6-2-1-4-10(12)8-20-9-11-5-3-7-13(17-11)14(19)18-16/h1-7H,8-9,16H2,(H,18,19). The largest absolute Gasteiger partial charge is 0.370 e. The van der Waals surface area contributed by atoms with E-state index in [1.807, 2.05) is 29.7 Å². The van der Waals surface area contributed by atoms with E-state index in [9.17, 15) is 4.79 Å². The lowest BCUT2D eigenvalue weighted by molar-refractivity contribution is 0.0942. The number of hydrazine groups is 1. The summed E-state index contributed by atoms with van der Waals surface area (Å²) in [5.74, 6) is 4.63. The number of amides is 1. The summed E-state index contributed by atoms with van der Waals surface area (Å²) >= 11 is 6.03. The van der Waals surface area contributed by atoms with Gasteiger partial charge >= 0.3 is 0 Å². The first-order chi connectivity index (χ1) is 9.70. The zero-order valence-corrected chi connectivity index (χ0v) is 11.4. The Balaban J connectivity index is 1.94. The number of halogens is 1. The Labute approximate surface area is 121 Å². The number of pyridine rings is 1. The van der Waals surface area contributed by atoms with Gasteiger partial charge < -0.3 is 4.74 Å². The van der Waals surface area contributed by atoms with Crippen molar-refractivity contribution in [2.45, 2.75) is 13.2 Å². The fraction of sp³-hybridized carbons (Fsp3) is 0.143. The summed E-state index contributed by atoms with van der Waals surface area (Å²) in [4.78, 5) is 15.5. The third kappa shape index (κ3) is 3.77. The monoisotopic (exact) mass is 291 g/mol. The van der Waals surface area contributed by atoms with Crippen LogP contribution in [0.15, 0.2) is 42.5 Å². The van der Waals surface area contributed by atoms with E-state index < -0.39 is 5.91 Å². The second kappa shape index (κ2) is 7.00.